The lowest BCUT2D eigenvalue weighted by Crippen LogP contribution is -2.50. The van der Waals surface area contributed by atoms with Gasteiger partial charge in [0, 0.05) is 0 Å². The van der Waals surface area contributed by atoms with E-state index in [0.29, 0.717) is 6.61 Å². The Morgan fingerprint density at radius 3 is 2.28 bits per heavy atom. The van der Waals surface area contributed by atoms with Crippen LogP contribution in [0.3, 0.4) is 0 Å². The van der Waals surface area contributed by atoms with E-state index in [9.17, 15) is 8.42 Å². The van der Waals surface area contributed by atoms with Gasteiger partial charge in [-0.15, -0.1) is 0 Å². The van der Waals surface area contributed by atoms with Gasteiger partial charge in [0.2, 0.25) is 0 Å². The zero-order valence-electron chi connectivity index (χ0n) is 16.8. The standard InChI is InChI=1S/C17H34O6SSi/c1-15(2,3)25(7,8)21-11-14(23-24(6,18)19)16(4)10-9-13(22-16)17(5)12-20-17/h13-14H,9-12H2,1-8H3/t13-,14+,16+,17+/m0/s1. The van der Waals surface area contributed by atoms with Gasteiger partial charge in [0.25, 0.3) is 10.1 Å². The van der Waals surface area contributed by atoms with Gasteiger partial charge in [-0.25, -0.2) is 0 Å². The Labute approximate surface area is 153 Å². The largest absolute Gasteiger partial charge is 0.414 e. The molecular formula is C17H34O6SSi. The molecule has 0 aromatic heterocycles. The molecule has 2 heterocycles. The van der Waals surface area contributed by atoms with Crippen LogP contribution in [-0.4, -0.2) is 59.6 Å². The molecule has 8 heteroatoms. The maximum Gasteiger partial charge on any atom is 0.264 e. The van der Waals surface area contributed by atoms with Crippen molar-refractivity contribution in [1.29, 1.82) is 0 Å². The molecule has 0 N–H and O–H groups in total. The summed E-state index contributed by atoms with van der Waals surface area (Å²) < 4.78 is 47.0. The maximum atomic E-state index is 11.8. The second-order valence-corrected chi connectivity index (χ2v) is 15.8. The van der Waals surface area contributed by atoms with Crippen molar-refractivity contribution in [2.45, 2.75) is 89.0 Å². The van der Waals surface area contributed by atoms with Gasteiger partial charge >= 0.3 is 0 Å². The highest BCUT2D eigenvalue weighted by molar-refractivity contribution is 7.86. The molecule has 2 aliphatic heterocycles. The molecule has 0 radical (unpaired) electrons. The number of ether oxygens (including phenoxy) is 2. The highest BCUT2D eigenvalue weighted by Gasteiger charge is 2.56. The SMILES string of the molecule is CC(C)(C)[Si](C)(C)OC[C@@H](OS(C)(=O)=O)[C@@]1(C)CC[C@@H]([C@@]2(C)CO2)O1. The van der Waals surface area contributed by atoms with Gasteiger partial charge in [-0.2, -0.15) is 8.42 Å². The third-order valence-electron chi connectivity index (χ3n) is 5.97. The molecule has 148 valence electrons. The minimum Gasteiger partial charge on any atom is -0.414 e. The van der Waals surface area contributed by atoms with Crippen molar-refractivity contribution in [3.05, 3.63) is 0 Å². The van der Waals surface area contributed by atoms with Crippen molar-refractivity contribution in [1.82, 2.24) is 0 Å². The van der Waals surface area contributed by atoms with Crippen LogP contribution in [-0.2, 0) is 28.2 Å². The van der Waals surface area contributed by atoms with E-state index in [1.807, 2.05) is 13.8 Å². The van der Waals surface area contributed by atoms with E-state index < -0.39 is 30.1 Å². The molecule has 0 saturated carbocycles. The summed E-state index contributed by atoms with van der Waals surface area (Å²) in [6.07, 6.45) is 1.93. The van der Waals surface area contributed by atoms with Gasteiger partial charge < -0.3 is 13.9 Å². The first-order valence-corrected chi connectivity index (χ1v) is 13.6. The van der Waals surface area contributed by atoms with Crippen LogP contribution in [0.5, 0.6) is 0 Å². The number of hydrogen-bond acceptors (Lipinski definition) is 6. The molecule has 2 aliphatic rings. The number of rotatable bonds is 7. The summed E-state index contributed by atoms with van der Waals surface area (Å²) >= 11 is 0. The Hall–Kier alpha value is 0.00688. The first-order chi connectivity index (χ1) is 11.1. The third kappa shape index (κ3) is 5.04. The van der Waals surface area contributed by atoms with Crippen molar-refractivity contribution < 1.29 is 26.5 Å². The fourth-order valence-corrected chi connectivity index (χ4v) is 4.53. The first-order valence-electron chi connectivity index (χ1n) is 8.92. The van der Waals surface area contributed by atoms with Crippen LogP contribution in [0.4, 0.5) is 0 Å². The summed E-state index contributed by atoms with van der Waals surface area (Å²) in [7, 11) is -5.64. The van der Waals surface area contributed by atoms with Crippen molar-refractivity contribution in [3.63, 3.8) is 0 Å². The Balaban J connectivity index is 2.13. The van der Waals surface area contributed by atoms with Crippen LogP contribution in [0.15, 0.2) is 0 Å². The lowest BCUT2D eigenvalue weighted by atomic mass is 9.94. The van der Waals surface area contributed by atoms with Crippen molar-refractivity contribution >= 4 is 18.4 Å². The second kappa shape index (κ2) is 6.56. The molecular weight excluding hydrogens is 360 g/mol. The van der Waals surface area contributed by atoms with Gasteiger partial charge in [-0.3, -0.25) is 4.18 Å². The predicted octanol–water partition coefficient (Wildman–Crippen LogP) is 3.08. The summed E-state index contributed by atoms with van der Waals surface area (Å²) in [5, 5.41) is 0.0396. The monoisotopic (exact) mass is 394 g/mol. The Bertz CT molecular complexity index is 593. The van der Waals surface area contributed by atoms with Crippen LogP contribution in [0.25, 0.3) is 0 Å². The normalized spacial score (nSPS) is 35.0. The highest BCUT2D eigenvalue weighted by Crippen LogP contribution is 2.45. The Morgan fingerprint density at radius 1 is 1.28 bits per heavy atom. The lowest BCUT2D eigenvalue weighted by molar-refractivity contribution is -0.119. The van der Waals surface area contributed by atoms with E-state index in [0.717, 1.165) is 19.1 Å². The fraction of sp³-hybridized carbons (Fsp3) is 1.00. The van der Waals surface area contributed by atoms with Crippen molar-refractivity contribution in [2.75, 3.05) is 19.5 Å². The van der Waals surface area contributed by atoms with Crippen molar-refractivity contribution in [2.24, 2.45) is 0 Å². The van der Waals surface area contributed by atoms with Gasteiger partial charge in [0.05, 0.1) is 31.2 Å². The smallest absolute Gasteiger partial charge is 0.264 e. The molecule has 0 aliphatic carbocycles. The average Bonchev–Trinajstić information content (AvgIpc) is 3.02. The van der Waals surface area contributed by atoms with E-state index in [2.05, 4.69) is 33.9 Å². The topological polar surface area (TPSA) is 74.4 Å². The average molecular weight is 395 g/mol. The molecule has 2 fully saturated rings. The zero-order valence-corrected chi connectivity index (χ0v) is 18.7. The van der Waals surface area contributed by atoms with Crippen LogP contribution >= 0.6 is 0 Å². The van der Waals surface area contributed by atoms with E-state index in [4.69, 9.17) is 18.1 Å². The van der Waals surface area contributed by atoms with Gasteiger partial charge in [0.1, 0.15) is 11.7 Å². The summed E-state index contributed by atoms with van der Waals surface area (Å²) in [5.74, 6) is 0. The van der Waals surface area contributed by atoms with E-state index in [1.165, 1.54) is 0 Å². The number of hydrogen-bond donors (Lipinski definition) is 0. The molecule has 0 unspecified atom stereocenters. The van der Waals surface area contributed by atoms with Gasteiger partial charge in [-0.1, -0.05) is 20.8 Å². The summed E-state index contributed by atoms with van der Waals surface area (Å²) in [5.41, 5.74) is -0.946. The van der Waals surface area contributed by atoms with Gasteiger partial charge in [-0.05, 0) is 44.8 Å². The number of epoxide rings is 1. The molecule has 0 bridgehead atoms. The summed E-state index contributed by atoms with van der Waals surface area (Å²) in [6.45, 7) is 15.6. The summed E-state index contributed by atoms with van der Waals surface area (Å²) in [6, 6.07) is 0. The van der Waals surface area contributed by atoms with Gasteiger partial charge in [0.15, 0.2) is 8.32 Å². The predicted molar refractivity (Wildman–Crippen MR) is 99.7 cm³/mol. The maximum absolute atomic E-state index is 11.8. The third-order valence-corrected chi connectivity index (χ3v) is 11.1. The van der Waals surface area contributed by atoms with Crippen LogP contribution < -0.4 is 0 Å². The fourth-order valence-electron chi connectivity index (χ4n) is 2.84. The van der Waals surface area contributed by atoms with Crippen LogP contribution in [0.2, 0.25) is 18.1 Å². The molecule has 0 spiro atoms. The molecule has 0 aromatic rings. The Kier molecular flexibility index (Phi) is 5.59. The van der Waals surface area contributed by atoms with Crippen LogP contribution in [0.1, 0.15) is 47.5 Å². The second-order valence-electron chi connectivity index (χ2n) is 9.42. The highest BCUT2D eigenvalue weighted by atomic mass is 32.2. The molecule has 6 nitrogen and oxygen atoms in total. The molecule has 0 aromatic carbocycles. The van der Waals surface area contributed by atoms with E-state index >= 15 is 0 Å². The van der Waals surface area contributed by atoms with E-state index in [1.54, 1.807) is 0 Å². The Morgan fingerprint density at radius 2 is 1.84 bits per heavy atom. The molecule has 2 rings (SSSR count). The lowest BCUT2D eigenvalue weighted by Gasteiger charge is -2.40. The van der Waals surface area contributed by atoms with E-state index in [-0.39, 0.29) is 23.4 Å². The molecule has 4 atom stereocenters. The minimum absolute atomic E-state index is 0.0315. The molecule has 25 heavy (non-hydrogen) atoms. The first kappa shape index (κ1) is 21.3. The molecule has 2 saturated heterocycles. The zero-order chi connectivity index (χ0) is 19.3. The van der Waals surface area contributed by atoms with Crippen molar-refractivity contribution in [3.8, 4) is 0 Å². The quantitative estimate of drug-likeness (QED) is 0.375. The van der Waals surface area contributed by atoms with Crippen LogP contribution in [0, 0.1) is 0 Å². The minimum atomic E-state index is -3.62. The summed E-state index contributed by atoms with van der Waals surface area (Å²) in [4.78, 5) is 0. The molecule has 0 amide bonds.